The van der Waals surface area contributed by atoms with Crippen LogP contribution in [0.4, 0.5) is 5.69 Å². The molecule has 29 heavy (non-hydrogen) atoms. The molecule has 0 bridgehead atoms. The Bertz CT molecular complexity index is 888. The van der Waals surface area contributed by atoms with Gasteiger partial charge in [-0.05, 0) is 25.0 Å². The van der Waals surface area contributed by atoms with E-state index in [0.717, 1.165) is 25.1 Å². The van der Waals surface area contributed by atoms with Gasteiger partial charge in [-0.25, -0.2) is 0 Å². The van der Waals surface area contributed by atoms with Crippen molar-refractivity contribution >= 4 is 17.5 Å². The quantitative estimate of drug-likeness (QED) is 0.780. The fraction of sp³-hybridized carbons (Fsp3) is 0.476. The van der Waals surface area contributed by atoms with Crippen molar-refractivity contribution in [2.45, 2.75) is 18.9 Å². The van der Waals surface area contributed by atoms with Gasteiger partial charge in [0.05, 0.1) is 30.6 Å². The molecule has 0 radical (unpaired) electrons. The van der Waals surface area contributed by atoms with E-state index in [4.69, 9.17) is 4.74 Å². The molecule has 8 heteroatoms. The number of methoxy groups -OCH3 is 1. The van der Waals surface area contributed by atoms with Gasteiger partial charge in [0.2, 0.25) is 5.91 Å². The Labute approximate surface area is 170 Å². The standard InChI is InChI=1S/C21H27N5O3/c1-23-15-16(14-22-23)26-9-5-7-18(21(26)28)24-10-12-25(13-11-24)20(27)17-6-3-4-8-19(17)29-2/h3-4,6,8,14-15,18H,5,7,9-13H2,1-2H3/t18-/m1/s1. The second-order valence-corrected chi connectivity index (χ2v) is 7.55. The highest BCUT2D eigenvalue weighted by molar-refractivity contribution is 5.98. The summed E-state index contributed by atoms with van der Waals surface area (Å²) in [6.07, 6.45) is 5.44. The van der Waals surface area contributed by atoms with E-state index in [1.165, 1.54) is 0 Å². The highest BCUT2D eigenvalue weighted by atomic mass is 16.5. The number of ether oxygens (including phenoxy) is 1. The first-order valence-corrected chi connectivity index (χ1v) is 10.0. The molecule has 0 saturated carbocycles. The molecule has 1 atom stereocenters. The van der Waals surface area contributed by atoms with Crippen molar-refractivity contribution in [1.29, 1.82) is 0 Å². The molecule has 2 fully saturated rings. The van der Waals surface area contributed by atoms with Crippen LogP contribution < -0.4 is 9.64 Å². The van der Waals surface area contributed by atoms with Gasteiger partial charge in [-0.2, -0.15) is 5.10 Å². The molecule has 4 rings (SSSR count). The van der Waals surface area contributed by atoms with Crippen LogP contribution in [-0.4, -0.2) is 77.3 Å². The van der Waals surface area contributed by atoms with Crippen LogP contribution in [0.5, 0.6) is 5.75 Å². The molecule has 2 aromatic rings. The van der Waals surface area contributed by atoms with Crippen LogP contribution in [0.25, 0.3) is 0 Å². The fourth-order valence-electron chi connectivity index (χ4n) is 4.23. The van der Waals surface area contributed by atoms with E-state index in [-0.39, 0.29) is 17.9 Å². The van der Waals surface area contributed by atoms with Crippen LogP contribution in [0, 0.1) is 0 Å². The molecule has 0 spiro atoms. The molecule has 1 aromatic carbocycles. The normalized spacial score (nSPS) is 20.8. The van der Waals surface area contributed by atoms with Crippen LogP contribution in [0.3, 0.4) is 0 Å². The zero-order chi connectivity index (χ0) is 20.4. The number of para-hydroxylation sites is 1. The van der Waals surface area contributed by atoms with Crippen molar-refractivity contribution < 1.29 is 14.3 Å². The summed E-state index contributed by atoms with van der Waals surface area (Å²) >= 11 is 0. The monoisotopic (exact) mass is 397 g/mol. The zero-order valence-corrected chi connectivity index (χ0v) is 17.0. The first-order valence-electron chi connectivity index (χ1n) is 10.0. The molecule has 0 unspecified atom stereocenters. The largest absolute Gasteiger partial charge is 0.496 e. The van der Waals surface area contributed by atoms with E-state index < -0.39 is 0 Å². The van der Waals surface area contributed by atoms with Crippen molar-refractivity contribution in [2.75, 3.05) is 44.7 Å². The van der Waals surface area contributed by atoms with Gasteiger partial charge in [-0.1, -0.05) is 12.1 Å². The van der Waals surface area contributed by atoms with Crippen molar-refractivity contribution in [3.05, 3.63) is 42.2 Å². The second kappa shape index (κ2) is 8.24. The van der Waals surface area contributed by atoms with Crippen LogP contribution in [0.15, 0.2) is 36.7 Å². The molecule has 8 nitrogen and oxygen atoms in total. The summed E-state index contributed by atoms with van der Waals surface area (Å²) in [6.45, 7) is 3.32. The molecule has 2 aliphatic heterocycles. The number of carbonyl (C=O) groups excluding carboxylic acids is 2. The van der Waals surface area contributed by atoms with E-state index in [1.54, 1.807) is 30.1 Å². The summed E-state index contributed by atoms with van der Waals surface area (Å²) in [7, 11) is 3.43. The lowest BCUT2D eigenvalue weighted by Crippen LogP contribution is -2.58. The molecule has 0 aliphatic carbocycles. The molecule has 2 aliphatic rings. The number of aryl methyl sites for hydroxylation is 1. The number of hydrogen-bond donors (Lipinski definition) is 0. The summed E-state index contributed by atoms with van der Waals surface area (Å²) in [5.74, 6) is 0.706. The molecule has 154 valence electrons. The third kappa shape index (κ3) is 3.85. The highest BCUT2D eigenvalue weighted by Crippen LogP contribution is 2.25. The zero-order valence-electron chi connectivity index (χ0n) is 17.0. The van der Waals surface area contributed by atoms with Gasteiger partial charge in [0.15, 0.2) is 0 Å². The highest BCUT2D eigenvalue weighted by Gasteiger charge is 2.36. The fourth-order valence-corrected chi connectivity index (χ4v) is 4.23. The number of aromatic nitrogens is 2. The predicted molar refractivity (Wildman–Crippen MR) is 109 cm³/mol. The van der Waals surface area contributed by atoms with E-state index in [1.807, 2.05) is 35.2 Å². The number of piperazine rings is 1. The summed E-state index contributed by atoms with van der Waals surface area (Å²) in [5.41, 5.74) is 1.44. The van der Waals surface area contributed by atoms with E-state index >= 15 is 0 Å². The predicted octanol–water partition coefficient (Wildman–Crippen LogP) is 1.38. The van der Waals surface area contributed by atoms with E-state index in [2.05, 4.69) is 10.00 Å². The average molecular weight is 397 g/mol. The van der Waals surface area contributed by atoms with Gasteiger partial charge < -0.3 is 14.5 Å². The maximum Gasteiger partial charge on any atom is 0.257 e. The van der Waals surface area contributed by atoms with Crippen molar-refractivity contribution in [3.63, 3.8) is 0 Å². The third-order valence-electron chi connectivity index (χ3n) is 5.79. The lowest BCUT2D eigenvalue weighted by Gasteiger charge is -2.42. The maximum absolute atomic E-state index is 13.1. The maximum atomic E-state index is 13.1. The van der Waals surface area contributed by atoms with Gasteiger partial charge in [0.1, 0.15) is 5.75 Å². The minimum atomic E-state index is -0.132. The van der Waals surface area contributed by atoms with Gasteiger partial charge in [-0.3, -0.25) is 19.2 Å². The first kappa shape index (κ1) is 19.4. The third-order valence-corrected chi connectivity index (χ3v) is 5.79. The minimum Gasteiger partial charge on any atom is -0.496 e. The summed E-state index contributed by atoms with van der Waals surface area (Å²) in [5, 5.41) is 4.19. The smallest absolute Gasteiger partial charge is 0.257 e. The first-order chi connectivity index (χ1) is 14.1. The number of anilines is 1. The van der Waals surface area contributed by atoms with Crippen LogP contribution in [0.2, 0.25) is 0 Å². The Morgan fingerprint density at radius 2 is 1.90 bits per heavy atom. The SMILES string of the molecule is COc1ccccc1C(=O)N1CCN([C@@H]2CCCN(c3cnn(C)c3)C2=O)CC1. The number of hydrogen-bond acceptors (Lipinski definition) is 5. The summed E-state index contributed by atoms with van der Waals surface area (Å²) in [6, 6.07) is 7.17. The lowest BCUT2D eigenvalue weighted by atomic mass is 10.0. The van der Waals surface area contributed by atoms with Crippen LogP contribution >= 0.6 is 0 Å². The Hall–Kier alpha value is -2.87. The number of carbonyl (C=O) groups is 2. The Morgan fingerprint density at radius 3 is 2.59 bits per heavy atom. The van der Waals surface area contributed by atoms with Gasteiger partial charge in [-0.15, -0.1) is 0 Å². The summed E-state index contributed by atoms with van der Waals surface area (Å²) < 4.78 is 7.05. The lowest BCUT2D eigenvalue weighted by molar-refractivity contribution is -0.126. The van der Waals surface area contributed by atoms with Gasteiger partial charge >= 0.3 is 0 Å². The molecule has 0 N–H and O–H groups in total. The Kier molecular flexibility index (Phi) is 5.53. The number of rotatable bonds is 4. The molecule has 2 saturated heterocycles. The number of amides is 2. The molecule has 3 heterocycles. The van der Waals surface area contributed by atoms with Crippen LogP contribution in [0.1, 0.15) is 23.2 Å². The molecular weight excluding hydrogens is 370 g/mol. The van der Waals surface area contributed by atoms with Gasteiger partial charge in [0.25, 0.3) is 5.91 Å². The Morgan fingerprint density at radius 1 is 1.14 bits per heavy atom. The van der Waals surface area contributed by atoms with Crippen molar-refractivity contribution in [1.82, 2.24) is 19.6 Å². The minimum absolute atomic E-state index is 0.0194. The van der Waals surface area contributed by atoms with Crippen LogP contribution in [-0.2, 0) is 11.8 Å². The number of piperidine rings is 1. The topological polar surface area (TPSA) is 70.9 Å². The average Bonchev–Trinajstić information content (AvgIpc) is 3.19. The molecular formula is C21H27N5O3. The summed E-state index contributed by atoms with van der Waals surface area (Å²) in [4.78, 5) is 31.9. The van der Waals surface area contributed by atoms with Gasteiger partial charge in [0, 0.05) is 46.0 Å². The molecule has 1 aromatic heterocycles. The second-order valence-electron chi connectivity index (χ2n) is 7.55. The van der Waals surface area contributed by atoms with Crippen molar-refractivity contribution in [2.24, 2.45) is 7.05 Å². The van der Waals surface area contributed by atoms with E-state index in [9.17, 15) is 9.59 Å². The Balaban J connectivity index is 1.40. The molecule has 2 amide bonds. The number of benzene rings is 1. The number of nitrogens with zero attached hydrogens (tertiary/aromatic N) is 5. The van der Waals surface area contributed by atoms with E-state index in [0.29, 0.717) is 37.5 Å². The van der Waals surface area contributed by atoms with Crippen molar-refractivity contribution in [3.8, 4) is 5.75 Å².